The van der Waals surface area contributed by atoms with Gasteiger partial charge in [-0.2, -0.15) is 0 Å². The van der Waals surface area contributed by atoms with Crippen LogP contribution in [0.15, 0.2) is 12.2 Å². The molecule has 0 heterocycles. The van der Waals surface area contributed by atoms with Crippen molar-refractivity contribution in [2.45, 2.75) is 6.92 Å². The van der Waals surface area contributed by atoms with E-state index in [4.69, 9.17) is 5.11 Å². The molecule has 0 unspecified atom stereocenters. The maximum Gasteiger partial charge on any atom is 0.246 e. The van der Waals surface area contributed by atoms with E-state index in [1.807, 2.05) is 0 Å². The molecule has 0 aromatic rings. The van der Waals surface area contributed by atoms with E-state index in [0.717, 1.165) is 0 Å². The van der Waals surface area contributed by atoms with Crippen LogP contribution in [0.25, 0.3) is 0 Å². The van der Waals surface area contributed by atoms with Crippen LogP contribution in [0.1, 0.15) is 6.92 Å². The Kier molecular flexibility index (Phi) is 4.58. The first-order chi connectivity index (χ1) is 4.72. The molecule has 0 saturated carbocycles. The van der Waals surface area contributed by atoms with Crippen molar-refractivity contribution in [1.29, 1.82) is 0 Å². The normalized spacial score (nSPS) is 10.3. The second kappa shape index (κ2) is 4.99. The van der Waals surface area contributed by atoms with E-state index in [1.54, 1.807) is 20.0 Å². The van der Waals surface area contributed by atoms with Crippen LogP contribution in [-0.4, -0.2) is 36.1 Å². The largest absolute Gasteiger partial charge is 0.395 e. The predicted molar refractivity (Wildman–Crippen MR) is 39.5 cm³/mol. The zero-order valence-corrected chi connectivity index (χ0v) is 6.37. The third kappa shape index (κ3) is 3.25. The zero-order valence-electron chi connectivity index (χ0n) is 6.37. The van der Waals surface area contributed by atoms with Gasteiger partial charge in [-0.05, 0) is 13.0 Å². The van der Waals surface area contributed by atoms with E-state index < -0.39 is 0 Å². The average molecular weight is 143 g/mol. The molecule has 0 rings (SSSR count). The number of likely N-dealkylation sites (N-methyl/N-ethyl adjacent to an activating group) is 1. The van der Waals surface area contributed by atoms with Gasteiger partial charge in [0.05, 0.1) is 6.61 Å². The smallest absolute Gasteiger partial charge is 0.246 e. The van der Waals surface area contributed by atoms with Crippen molar-refractivity contribution in [3.05, 3.63) is 12.2 Å². The summed E-state index contributed by atoms with van der Waals surface area (Å²) < 4.78 is 0. The standard InChI is InChI=1S/C7H13NO2/c1-3-4-7(10)8(2)5-6-9/h3-4,9H,5-6H2,1-2H3. The molecule has 0 saturated heterocycles. The third-order valence-corrected chi connectivity index (χ3v) is 1.12. The highest BCUT2D eigenvalue weighted by Gasteiger charge is 2.00. The van der Waals surface area contributed by atoms with Crippen molar-refractivity contribution in [1.82, 2.24) is 4.90 Å². The summed E-state index contributed by atoms with van der Waals surface area (Å²) >= 11 is 0. The predicted octanol–water partition coefficient (Wildman–Crippen LogP) is 0.0132. The number of carbonyl (C=O) groups is 1. The molecule has 0 fully saturated rings. The molecule has 0 aliphatic rings. The molecular formula is C7H13NO2. The first-order valence-corrected chi connectivity index (χ1v) is 3.21. The third-order valence-electron chi connectivity index (χ3n) is 1.12. The molecule has 0 atom stereocenters. The first-order valence-electron chi connectivity index (χ1n) is 3.21. The number of amides is 1. The van der Waals surface area contributed by atoms with Crippen molar-refractivity contribution in [2.75, 3.05) is 20.2 Å². The molecule has 0 radical (unpaired) electrons. The van der Waals surface area contributed by atoms with Crippen LogP contribution in [0.5, 0.6) is 0 Å². The fourth-order valence-corrected chi connectivity index (χ4v) is 0.530. The maximum atomic E-state index is 10.9. The fourth-order valence-electron chi connectivity index (χ4n) is 0.530. The van der Waals surface area contributed by atoms with Gasteiger partial charge in [-0.25, -0.2) is 0 Å². The van der Waals surface area contributed by atoms with Gasteiger partial charge >= 0.3 is 0 Å². The number of allylic oxidation sites excluding steroid dienone is 1. The number of carbonyl (C=O) groups excluding carboxylic acids is 1. The lowest BCUT2D eigenvalue weighted by Crippen LogP contribution is -2.27. The lowest BCUT2D eigenvalue weighted by Gasteiger charge is -2.11. The molecule has 1 N–H and O–H groups in total. The van der Waals surface area contributed by atoms with Gasteiger partial charge in [0.1, 0.15) is 0 Å². The zero-order chi connectivity index (χ0) is 7.98. The lowest BCUT2D eigenvalue weighted by molar-refractivity contribution is -0.125. The van der Waals surface area contributed by atoms with Gasteiger partial charge in [0, 0.05) is 13.6 Å². The molecule has 0 aromatic carbocycles. The van der Waals surface area contributed by atoms with Crippen LogP contribution in [0.2, 0.25) is 0 Å². The SMILES string of the molecule is CC=CC(=O)N(C)CCO. The number of hydrogen-bond acceptors (Lipinski definition) is 2. The van der Waals surface area contributed by atoms with Crippen LogP contribution in [0.4, 0.5) is 0 Å². The Morgan fingerprint density at radius 1 is 1.70 bits per heavy atom. The van der Waals surface area contributed by atoms with E-state index in [2.05, 4.69) is 0 Å². The quantitative estimate of drug-likeness (QED) is 0.565. The van der Waals surface area contributed by atoms with E-state index in [0.29, 0.717) is 6.54 Å². The fraction of sp³-hybridized carbons (Fsp3) is 0.571. The van der Waals surface area contributed by atoms with E-state index in [-0.39, 0.29) is 12.5 Å². The van der Waals surface area contributed by atoms with Crippen LogP contribution in [0, 0.1) is 0 Å². The Hall–Kier alpha value is -0.830. The average Bonchev–Trinajstić information content (AvgIpc) is 1.89. The molecule has 1 amide bonds. The Balaban J connectivity index is 3.70. The van der Waals surface area contributed by atoms with Gasteiger partial charge in [-0.3, -0.25) is 4.79 Å². The molecule has 10 heavy (non-hydrogen) atoms. The number of aliphatic hydroxyl groups excluding tert-OH is 1. The molecule has 0 aliphatic heterocycles. The van der Waals surface area contributed by atoms with Crippen LogP contribution < -0.4 is 0 Å². The minimum absolute atomic E-state index is 0.0137. The minimum atomic E-state index is -0.0726. The molecule has 3 heteroatoms. The number of hydrogen-bond donors (Lipinski definition) is 1. The first kappa shape index (κ1) is 9.17. The molecule has 3 nitrogen and oxygen atoms in total. The Morgan fingerprint density at radius 2 is 2.30 bits per heavy atom. The van der Waals surface area contributed by atoms with Crippen molar-refractivity contribution in [2.24, 2.45) is 0 Å². The molecule has 0 aromatic heterocycles. The number of nitrogens with zero attached hydrogens (tertiary/aromatic N) is 1. The molecular weight excluding hydrogens is 130 g/mol. The van der Waals surface area contributed by atoms with Crippen LogP contribution in [-0.2, 0) is 4.79 Å². The highest BCUT2D eigenvalue weighted by Crippen LogP contribution is 1.84. The topological polar surface area (TPSA) is 40.5 Å². The van der Waals surface area contributed by atoms with Crippen molar-refractivity contribution in [3.63, 3.8) is 0 Å². The Morgan fingerprint density at radius 3 is 2.70 bits per heavy atom. The second-order valence-corrected chi connectivity index (χ2v) is 1.98. The summed E-state index contributed by atoms with van der Waals surface area (Å²) in [6.07, 6.45) is 3.14. The van der Waals surface area contributed by atoms with Crippen molar-refractivity contribution >= 4 is 5.91 Å². The van der Waals surface area contributed by atoms with E-state index in [9.17, 15) is 4.79 Å². The van der Waals surface area contributed by atoms with Crippen LogP contribution >= 0.6 is 0 Å². The second-order valence-electron chi connectivity index (χ2n) is 1.98. The monoisotopic (exact) mass is 143 g/mol. The van der Waals surface area contributed by atoms with Gasteiger partial charge in [-0.1, -0.05) is 6.08 Å². The van der Waals surface area contributed by atoms with Gasteiger partial charge in [0.2, 0.25) is 5.91 Å². The number of rotatable bonds is 3. The van der Waals surface area contributed by atoms with E-state index >= 15 is 0 Å². The van der Waals surface area contributed by atoms with E-state index in [1.165, 1.54) is 11.0 Å². The van der Waals surface area contributed by atoms with Gasteiger partial charge < -0.3 is 10.0 Å². The summed E-state index contributed by atoms with van der Waals surface area (Å²) in [5.74, 6) is -0.0726. The van der Waals surface area contributed by atoms with Crippen molar-refractivity contribution < 1.29 is 9.90 Å². The summed E-state index contributed by atoms with van der Waals surface area (Å²) in [5.41, 5.74) is 0. The van der Waals surface area contributed by atoms with Gasteiger partial charge in [0.25, 0.3) is 0 Å². The highest BCUT2D eigenvalue weighted by atomic mass is 16.3. The summed E-state index contributed by atoms with van der Waals surface area (Å²) in [4.78, 5) is 12.3. The summed E-state index contributed by atoms with van der Waals surface area (Å²) in [5, 5.41) is 8.44. The van der Waals surface area contributed by atoms with Gasteiger partial charge in [0.15, 0.2) is 0 Å². The van der Waals surface area contributed by atoms with Crippen molar-refractivity contribution in [3.8, 4) is 0 Å². The highest BCUT2D eigenvalue weighted by molar-refractivity contribution is 5.87. The minimum Gasteiger partial charge on any atom is -0.395 e. The molecule has 0 bridgehead atoms. The molecule has 0 aliphatic carbocycles. The Bertz CT molecular complexity index is 132. The van der Waals surface area contributed by atoms with Crippen LogP contribution in [0.3, 0.4) is 0 Å². The molecule has 58 valence electrons. The van der Waals surface area contributed by atoms with Gasteiger partial charge in [-0.15, -0.1) is 0 Å². The number of aliphatic hydroxyl groups is 1. The maximum absolute atomic E-state index is 10.9. The summed E-state index contributed by atoms with van der Waals surface area (Å²) in [7, 11) is 1.65. The summed E-state index contributed by atoms with van der Waals surface area (Å²) in [6, 6.07) is 0. The Labute approximate surface area is 61.0 Å². The summed E-state index contributed by atoms with van der Waals surface area (Å²) in [6.45, 7) is 2.19. The molecule has 0 spiro atoms. The lowest BCUT2D eigenvalue weighted by atomic mass is 10.4.